The molecule has 0 spiro atoms. The van der Waals surface area contributed by atoms with Crippen LogP contribution < -0.4 is 0 Å². The molecular formula is C6H11NS2. The Morgan fingerprint density at radius 1 is 1.78 bits per heavy atom. The third-order valence-corrected chi connectivity index (χ3v) is 3.85. The Labute approximate surface area is 64.7 Å². The van der Waals surface area contributed by atoms with Crippen LogP contribution in [-0.2, 0) is 0 Å². The topological polar surface area (TPSA) is 12.4 Å². The summed E-state index contributed by atoms with van der Waals surface area (Å²) in [6.45, 7) is 1.01. The van der Waals surface area contributed by atoms with Gasteiger partial charge in [0.05, 0.1) is 11.1 Å². The summed E-state index contributed by atoms with van der Waals surface area (Å²) in [6.07, 6.45) is 5.35. The average molecular weight is 161 g/mol. The van der Waals surface area contributed by atoms with Gasteiger partial charge < -0.3 is 0 Å². The maximum Gasteiger partial charge on any atom is 0.0694 e. The third-order valence-electron chi connectivity index (χ3n) is 1.20. The second-order valence-corrected chi connectivity index (χ2v) is 4.52. The predicted molar refractivity (Wildman–Crippen MR) is 47.7 cm³/mol. The van der Waals surface area contributed by atoms with Crippen LogP contribution in [-0.4, -0.2) is 29.3 Å². The number of hydrogen-bond donors (Lipinski definition) is 0. The molecule has 1 rings (SSSR count). The van der Waals surface area contributed by atoms with Gasteiger partial charge in [0.1, 0.15) is 0 Å². The smallest absolute Gasteiger partial charge is 0.0694 e. The van der Waals surface area contributed by atoms with Gasteiger partial charge in [-0.3, -0.25) is 4.99 Å². The van der Waals surface area contributed by atoms with Crippen LogP contribution in [0.15, 0.2) is 4.99 Å². The molecule has 1 atom stereocenters. The summed E-state index contributed by atoms with van der Waals surface area (Å²) < 4.78 is 0.712. The second kappa shape index (κ2) is 4.23. The Kier molecular flexibility index (Phi) is 3.51. The number of aliphatic imine (C=N–C) groups is 1. The van der Waals surface area contributed by atoms with Crippen LogP contribution in [0.5, 0.6) is 0 Å². The van der Waals surface area contributed by atoms with Gasteiger partial charge in [-0.05, 0) is 24.6 Å². The molecule has 1 aliphatic heterocycles. The molecule has 0 aromatic carbocycles. The number of thioether (sulfide) groups is 2. The SMILES string of the molecule is CSC1CN=CCCS1. The zero-order chi connectivity index (χ0) is 6.53. The summed E-state index contributed by atoms with van der Waals surface area (Å²) in [6, 6.07) is 0. The summed E-state index contributed by atoms with van der Waals surface area (Å²) in [5.74, 6) is 1.25. The van der Waals surface area contributed by atoms with Crippen molar-refractivity contribution < 1.29 is 0 Å². The summed E-state index contributed by atoms with van der Waals surface area (Å²) in [7, 11) is 0. The van der Waals surface area contributed by atoms with Gasteiger partial charge in [-0.2, -0.15) is 0 Å². The minimum atomic E-state index is 0.712. The lowest BCUT2D eigenvalue weighted by molar-refractivity contribution is 1.11. The van der Waals surface area contributed by atoms with E-state index in [1.54, 1.807) is 0 Å². The minimum Gasteiger partial charge on any atom is -0.295 e. The van der Waals surface area contributed by atoms with Gasteiger partial charge in [-0.15, -0.1) is 23.5 Å². The van der Waals surface area contributed by atoms with Gasteiger partial charge in [0.2, 0.25) is 0 Å². The van der Waals surface area contributed by atoms with Crippen molar-refractivity contribution in [1.29, 1.82) is 0 Å². The van der Waals surface area contributed by atoms with E-state index >= 15 is 0 Å². The third kappa shape index (κ3) is 2.63. The molecule has 0 bridgehead atoms. The van der Waals surface area contributed by atoms with E-state index in [2.05, 4.69) is 11.2 Å². The largest absolute Gasteiger partial charge is 0.295 e. The van der Waals surface area contributed by atoms with Crippen LogP contribution in [0.2, 0.25) is 0 Å². The number of nitrogens with zero attached hydrogens (tertiary/aromatic N) is 1. The van der Waals surface area contributed by atoms with Crippen LogP contribution in [0.3, 0.4) is 0 Å². The second-order valence-electron chi connectivity index (χ2n) is 1.87. The normalized spacial score (nSPS) is 27.9. The maximum atomic E-state index is 4.26. The van der Waals surface area contributed by atoms with Gasteiger partial charge in [0.25, 0.3) is 0 Å². The molecule has 9 heavy (non-hydrogen) atoms. The van der Waals surface area contributed by atoms with E-state index in [9.17, 15) is 0 Å². The highest BCUT2D eigenvalue weighted by Crippen LogP contribution is 2.23. The zero-order valence-corrected chi connectivity index (χ0v) is 7.17. The molecule has 52 valence electrons. The zero-order valence-electron chi connectivity index (χ0n) is 5.54. The standard InChI is InChI=1S/C6H11NS2/c1-8-6-5-7-3-2-4-9-6/h3,6H,2,4-5H2,1H3. The van der Waals surface area contributed by atoms with E-state index in [0.717, 1.165) is 13.0 Å². The molecule has 0 aromatic heterocycles. The molecule has 0 N–H and O–H groups in total. The molecule has 0 fully saturated rings. The van der Waals surface area contributed by atoms with E-state index < -0.39 is 0 Å². The monoisotopic (exact) mass is 161 g/mol. The molecule has 1 unspecified atom stereocenters. The first kappa shape index (κ1) is 7.48. The first-order valence-corrected chi connectivity index (χ1v) is 5.40. The first-order valence-electron chi connectivity index (χ1n) is 3.06. The molecular weight excluding hydrogens is 150 g/mol. The molecule has 0 amide bonds. The Morgan fingerprint density at radius 2 is 2.67 bits per heavy atom. The van der Waals surface area contributed by atoms with Gasteiger partial charge >= 0.3 is 0 Å². The van der Waals surface area contributed by atoms with E-state index in [-0.39, 0.29) is 0 Å². The molecule has 0 saturated heterocycles. The Hall–Kier alpha value is 0.370. The Bertz CT molecular complexity index is 103. The van der Waals surface area contributed by atoms with Gasteiger partial charge in [0, 0.05) is 0 Å². The minimum absolute atomic E-state index is 0.712. The Morgan fingerprint density at radius 3 is 3.44 bits per heavy atom. The van der Waals surface area contributed by atoms with Crippen molar-refractivity contribution in [3.05, 3.63) is 0 Å². The molecule has 0 saturated carbocycles. The Balaban J connectivity index is 2.29. The molecule has 1 aliphatic rings. The molecule has 0 radical (unpaired) electrons. The molecule has 0 aliphatic carbocycles. The fourth-order valence-electron chi connectivity index (χ4n) is 0.699. The van der Waals surface area contributed by atoms with Crippen molar-refractivity contribution in [3.8, 4) is 0 Å². The molecule has 3 heteroatoms. The van der Waals surface area contributed by atoms with Gasteiger partial charge in [-0.1, -0.05) is 0 Å². The predicted octanol–water partition coefficient (Wildman–Crippen LogP) is 1.88. The highest BCUT2D eigenvalue weighted by Gasteiger charge is 2.06. The first-order chi connectivity index (χ1) is 4.43. The van der Waals surface area contributed by atoms with Crippen molar-refractivity contribution in [2.75, 3.05) is 18.6 Å². The fraction of sp³-hybridized carbons (Fsp3) is 0.833. The summed E-state index contributed by atoms with van der Waals surface area (Å²) in [5.41, 5.74) is 0. The van der Waals surface area contributed by atoms with Crippen LogP contribution in [0.25, 0.3) is 0 Å². The van der Waals surface area contributed by atoms with Crippen molar-refractivity contribution in [1.82, 2.24) is 0 Å². The van der Waals surface area contributed by atoms with E-state index in [0.29, 0.717) is 4.58 Å². The van der Waals surface area contributed by atoms with E-state index in [1.807, 2.05) is 29.7 Å². The number of rotatable bonds is 1. The molecule has 1 nitrogen and oxygen atoms in total. The van der Waals surface area contributed by atoms with Crippen LogP contribution in [0, 0.1) is 0 Å². The lowest BCUT2D eigenvalue weighted by Crippen LogP contribution is -1.98. The fourth-order valence-corrected chi connectivity index (χ4v) is 2.46. The lowest BCUT2D eigenvalue weighted by atomic mass is 10.5. The van der Waals surface area contributed by atoms with Crippen molar-refractivity contribution >= 4 is 29.7 Å². The van der Waals surface area contributed by atoms with Gasteiger partial charge in [-0.25, -0.2) is 0 Å². The summed E-state index contributed by atoms with van der Waals surface area (Å²) in [4.78, 5) is 4.26. The van der Waals surface area contributed by atoms with Crippen molar-refractivity contribution in [2.45, 2.75) is 11.0 Å². The highest BCUT2D eigenvalue weighted by molar-refractivity contribution is 8.16. The quantitative estimate of drug-likeness (QED) is 0.582. The maximum absolute atomic E-state index is 4.26. The van der Waals surface area contributed by atoms with E-state index in [1.165, 1.54) is 5.75 Å². The number of hydrogen-bond acceptors (Lipinski definition) is 3. The summed E-state index contributed by atoms with van der Waals surface area (Å²) >= 11 is 3.93. The van der Waals surface area contributed by atoms with Crippen molar-refractivity contribution in [2.24, 2.45) is 4.99 Å². The highest BCUT2D eigenvalue weighted by atomic mass is 32.2. The van der Waals surface area contributed by atoms with Gasteiger partial charge in [0.15, 0.2) is 0 Å². The van der Waals surface area contributed by atoms with Crippen LogP contribution in [0.4, 0.5) is 0 Å². The van der Waals surface area contributed by atoms with Crippen LogP contribution in [0.1, 0.15) is 6.42 Å². The lowest BCUT2D eigenvalue weighted by Gasteiger charge is -2.06. The van der Waals surface area contributed by atoms with E-state index in [4.69, 9.17) is 0 Å². The van der Waals surface area contributed by atoms with Crippen LogP contribution >= 0.6 is 23.5 Å². The molecule has 0 aromatic rings. The summed E-state index contributed by atoms with van der Waals surface area (Å²) in [5, 5.41) is 0. The molecule has 1 heterocycles. The average Bonchev–Trinajstić information content (AvgIpc) is 2.13. The van der Waals surface area contributed by atoms with Crippen molar-refractivity contribution in [3.63, 3.8) is 0 Å².